The van der Waals surface area contributed by atoms with E-state index in [-0.39, 0.29) is 0 Å². The molecular weight excluding hydrogens is 220 g/mol. The van der Waals surface area contributed by atoms with Gasteiger partial charge in [-0.15, -0.1) is 0 Å². The molecule has 1 atom stereocenters. The average Bonchev–Trinajstić information content (AvgIpc) is 2.37. The second-order valence-corrected chi connectivity index (χ2v) is 5.20. The van der Waals surface area contributed by atoms with Gasteiger partial charge in [0.2, 0.25) is 0 Å². The van der Waals surface area contributed by atoms with E-state index in [2.05, 4.69) is 62.4 Å². The Bertz CT molecular complexity index is 332. The minimum Gasteiger partial charge on any atom is -0.317 e. The van der Waals surface area contributed by atoms with E-state index in [0.717, 1.165) is 6.54 Å². The molecule has 1 N–H and O–H groups in total. The minimum absolute atomic E-state index is 0.678. The van der Waals surface area contributed by atoms with Crippen LogP contribution in [0.3, 0.4) is 0 Å². The maximum absolute atomic E-state index is 3.37. The van der Waals surface area contributed by atoms with E-state index in [9.17, 15) is 0 Å². The van der Waals surface area contributed by atoms with Gasteiger partial charge in [0.25, 0.3) is 0 Å². The summed E-state index contributed by atoms with van der Waals surface area (Å²) < 4.78 is 0. The van der Waals surface area contributed by atoms with Crippen LogP contribution < -0.4 is 5.32 Å². The third-order valence-corrected chi connectivity index (χ3v) is 3.69. The van der Waals surface area contributed by atoms with Crippen molar-refractivity contribution in [3.05, 3.63) is 35.4 Å². The standard InChI is InChI=1S/C16H28N2/c1-5-16(17-3)11-8-12-18(4)13-15-10-7-6-9-14(15)2/h6-7,9-10,16-17H,5,8,11-13H2,1-4H3. The van der Waals surface area contributed by atoms with Gasteiger partial charge in [0.1, 0.15) is 0 Å². The molecule has 0 spiro atoms. The fourth-order valence-corrected chi connectivity index (χ4v) is 2.32. The van der Waals surface area contributed by atoms with Gasteiger partial charge in [0, 0.05) is 12.6 Å². The van der Waals surface area contributed by atoms with E-state index < -0.39 is 0 Å². The lowest BCUT2D eigenvalue weighted by atomic mass is 10.1. The van der Waals surface area contributed by atoms with Gasteiger partial charge in [-0.05, 0) is 58.0 Å². The number of hydrogen-bond donors (Lipinski definition) is 1. The largest absolute Gasteiger partial charge is 0.317 e. The van der Waals surface area contributed by atoms with E-state index in [4.69, 9.17) is 0 Å². The van der Waals surface area contributed by atoms with Crippen LogP contribution >= 0.6 is 0 Å². The molecule has 0 radical (unpaired) electrons. The van der Waals surface area contributed by atoms with Gasteiger partial charge in [-0.1, -0.05) is 31.2 Å². The van der Waals surface area contributed by atoms with Crippen LogP contribution in [-0.2, 0) is 6.54 Å². The van der Waals surface area contributed by atoms with E-state index in [1.807, 2.05) is 0 Å². The van der Waals surface area contributed by atoms with Crippen molar-refractivity contribution in [3.63, 3.8) is 0 Å². The van der Waals surface area contributed by atoms with Crippen LogP contribution in [0.5, 0.6) is 0 Å². The van der Waals surface area contributed by atoms with E-state index in [0.29, 0.717) is 6.04 Å². The van der Waals surface area contributed by atoms with Crippen LogP contribution in [0, 0.1) is 6.92 Å². The predicted molar refractivity (Wildman–Crippen MR) is 79.9 cm³/mol. The molecule has 2 nitrogen and oxygen atoms in total. The normalized spacial score (nSPS) is 12.9. The fraction of sp³-hybridized carbons (Fsp3) is 0.625. The first-order valence-electron chi connectivity index (χ1n) is 7.07. The highest BCUT2D eigenvalue weighted by molar-refractivity contribution is 5.25. The number of nitrogens with one attached hydrogen (secondary N) is 1. The van der Waals surface area contributed by atoms with Crippen LogP contribution in [-0.4, -0.2) is 31.6 Å². The highest BCUT2D eigenvalue weighted by Gasteiger charge is 2.05. The summed E-state index contributed by atoms with van der Waals surface area (Å²) in [5, 5.41) is 3.37. The van der Waals surface area contributed by atoms with Gasteiger partial charge in [-0.3, -0.25) is 0 Å². The summed E-state index contributed by atoms with van der Waals surface area (Å²) in [6.07, 6.45) is 3.75. The van der Waals surface area contributed by atoms with Crippen LogP contribution in [0.1, 0.15) is 37.3 Å². The number of hydrogen-bond acceptors (Lipinski definition) is 2. The molecule has 1 unspecified atom stereocenters. The van der Waals surface area contributed by atoms with E-state index >= 15 is 0 Å². The summed E-state index contributed by atoms with van der Waals surface area (Å²) >= 11 is 0. The molecule has 18 heavy (non-hydrogen) atoms. The Morgan fingerprint density at radius 3 is 2.61 bits per heavy atom. The molecule has 0 aliphatic heterocycles. The molecular formula is C16H28N2. The summed E-state index contributed by atoms with van der Waals surface area (Å²) in [7, 11) is 4.28. The molecule has 102 valence electrons. The summed E-state index contributed by atoms with van der Waals surface area (Å²) in [4.78, 5) is 2.42. The number of benzene rings is 1. The lowest BCUT2D eigenvalue weighted by Crippen LogP contribution is -2.26. The highest BCUT2D eigenvalue weighted by Crippen LogP contribution is 2.10. The second-order valence-electron chi connectivity index (χ2n) is 5.20. The molecule has 0 heterocycles. The third kappa shape index (κ3) is 5.19. The van der Waals surface area contributed by atoms with Crippen molar-refractivity contribution >= 4 is 0 Å². The molecule has 1 rings (SSSR count). The Kier molecular flexibility index (Phi) is 6.99. The Morgan fingerprint density at radius 2 is 2.00 bits per heavy atom. The summed E-state index contributed by atoms with van der Waals surface area (Å²) in [5.74, 6) is 0. The van der Waals surface area contributed by atoms with Crippen LogP contribution in [0.25, 0.3) is 0 Å². The molecule has 0 saturated carbocycles. The smallest absolute Gasteiger partial charge is 0.0233 e. The van der Waals surface area contributed by atoms with Gasteiger partial charge in [-0.2, -0.15) is 0 Å². The Morgan fingerprint density at radius 1 is 1.28 bits per heavy atom. The van der Waals surface area contributed by atoms with Gasteiger partial charge in [0.05, 0.1) is 0 Å². The first-order chi connectivity index (χ1) is 8.67. The third-order valence-electron chi connectivity index (χ3n) is 3.69. The summed E-state index contributed by atoms with van der Waals surface area (Å²) in [5.41, 5.74) is 2.84. The van der Waals surface area contributed by atoms with Crippen molar-refractivity contribution < 1.29 is 0 Å². The van der Waals surface area contributed by atoms with Gasteiger partial charge < -0.3 is 10.2 Å². The summed E-state index contributed by atoms with van der Waals surface area (Å²) in [6.45, 7) is 6.67. The SMILES string of the molecule is CCC(CCCN(C)Cc1ccccc1C)NC. The van der Waals surface area contributed by atoms with Crippen molar-refractivity contribution in [3.8, 4) is 0 Å². The number of rotatable bonds is 8. The Labute approximate surface area is 112 Å². The second kappa shape index (κ2) is 8.28. The molecule has 2 heteroatoms. The van der Waals surface area contributed by atoms with Gasteiger partial charge >= 0.3 is 0 Å². The zero-order valence-electron chi connectivity index (χ0n) is 12.4. The predicted octanol–water partition coefficient (Wildman–Crippen LogP) is 3.21. The van der Waals surface area contributed by atoms with Gasteiger partial charge in [-0.25, -0.2) is 0 Å². The summed E-state index contributed by atoms with van der Waals surface area (Å²) in [6, 6.07) is 9.34. The lowest BCUT2D eigenvalue weighted by Gasteiger charge is -2.20. The number of nitrogens with zero attached hydrogens (tertiary/aromatic N) is 1. The maximum atomic E-state index is 3.37. The van der Waals surface area contributed by atoms with Crippen molar-refractivity contribution in [1.82, 2.24) is 10.2 Å². The fourth-order valence-electron chi connectivity index (χ4n) is 2.32. The first kappa shape index (κ1) is 15.2. The molecule has 0 saturated heterocycles. The Hall–Kier alpha value is -0.860. The van der Waals surface area contributed by atoms with Crippen molar-refractivity contribution in [2.45, 2.75) is 45.7 Å². The molecule has 0 bridgehead atoms. The van der Waals surface area contributed by atoms with Crippen molar-refractivity contribution in [1.29, 1.82) is 0 Å². The quantitative estimate of drug-likeness (QED) is 0.760. The molecule has 0 aliphatic carbocycles. The van der Waals surface area contributed by atoms with E-state index in [1.54, 1.807) is 0 Å². The molecule has 1 aromatic carbocycles. The minimum atomic E-state index is 0.678. The van der Waals surface area contributed by atoms with Crippen LogP contribution in [0.2, 0.25) is 0 Å². The van der Waals surface area contributed by atoms with Gasteiger partial charge in [0.15, 0.2) is 0 Å². The van der Waals surface area contributed by atoms with Crippen LogP contribution in [0.4, 0.5) is 0 Å². The van der Waals surface area contributed by atoms with Crippen LogP contribution in [0.15, 0.2) is 24.3 Å². The zero-order chi connectivity index (χ0) is 13.4. The maximum Gasteiger partial charge on any atom is 0.0233 e. The highest BCUT2D eigenvalue weighted by atomic mass is 15.1. The average molecular weight is 248 g/mol. The van der Waals surface area contributed by atoms with Crippen molar-refractivity contribution in [2.75, 3.05) is 20.6 Å². The molecule has 0 fully saturated rings. The monoisotopic (exact) mass is 248 g/mol. The first-order valence-corrected chi connectivity index (χ1v) is 7.07. The molecule has 0 aliphatic rings. The molecule has 0 amide bonds. The lowest BCUT2D eigenvalue weighted by molar-refractivity contribution is 0.308. The molecule has 1 aromatic rings. The van der Waals surface area contributed by atoms with Crippen molar-refractivity contribution in [2.24, 2.45) is 0 Å². The Balaban J connectivity index is 2.30. The zero-order valence-corrected chi connectivity index (χ0v) is 12.4. The molecule has 0 aromatic heterocycles. The number of aryl methyl sites for hydroxylation is 1. The topological polar surface area (TPSA) is 15.3 Å². The van der Waals surface area contributed by atoms with E-state index in [1.165, 1.54) is 36.9 Å².